The predicted molar refractivity (Wildman–Crippen MR) is 89.8 cm³/mol. The maximum Gasteiger partial charge on any atom is 0.337 e. The number of alkyl halides is 1. The van der Waals surface area contributed by atoms with E-state index in [9.17, 15) is 14.0 Å². The molecule has 1 N–H and O–H groups in total. The molecule has 1 aliphatic carbocycles. The van der Waals surface area contributed by atoms with Crippen LogP contribution in [0.4, 0.5) is 4.39 Å². The maximum absolute atomic E-state index is 13.4. The molecule has 0 spiro atoms. The Morgan fingerprint density at radius 1 is 1.38 bits per heavy atom. The number of aromatic nitrogens is 2. The van der Waals surface area contributed by atoms with Crippen molar-refractivity contribution in [1.29, 1.82) is 0 Å². The summed E-state index contributed by atoms with van der Waals surface area (Å²) in [5, 5.41) is 0.259. The number of nitrogens with zero attached hydrogens (tertiary/aromatic N) is 1. The molecule has 0 aliphatic heterocycles. The van der Waals surface area contributed by atoms with Crippen LogP contribution < -0.4 is 11.2 Å². The van der Waals surface area contributed by atoms with Crippen LogP contribution in [0, 0.1) is 17.8 Å². The van der Waals surface area contributed by atoms with Gasteiger partial charge in [-0.05, 0) is 55.9 Å². The van der Waals surface area contributed by atoms with E-state index in [1.807, 2.05) is 0 Å². The van der Waals surface area contributed by atoms with E-state index < -0.39 is 17.4 Å². The number of fused-ring (bicyclic) bond motifs is 1. The molecule has 2 aromatic rings. The van der Waals surface area contributed by atoms with E-state index in [2.05, 4.69) is 23.8 Å². The Kier molecular flexibility index (Phi) is 4.56. The maximum atomic E-state index is 13.4. The molecule has 1 saturated carbocycles. The van der Waals surface area contributed by atoms with E-state index in [0.717, 1.165) is 24.7 Å². The van der Waals surface area contributed by atoms with Gasteiger partial charge in [0.25, 0.3) is 5.56 Å². The van der Waals surface area contributed by atoms with Gasteiger partial charge in [-0.2, -0.15) is 4.98 Å². The minimum absolute atomic E-state index is 0.0766. The summed E-state index contributed by atoms with van der Waals surface area (Å²) in [6.45, 7) is 5.76. The van der Waals surface area contributed by atoms with Crippen LogP contribution in [0.3, 0.4) is 0 Å². The van der Waals surface area contributed by atoms with Gasteiger partial charge in [-0.25, -0.2) is 9.18 Å². The lowest BCUT2D eigenvalue weighted by atomic mass is 10.0. The van der Waals surface area contributed by atoms with E-state index in [1.165, 1.54) is 19.4 Å². The number of halogens is 1. The summed E-state index contributed by atoms with van der Waals surface area (Å²) < 4.78 is 18.4. The van der Waals surface area contributed by atoms with Crippen molar-refractivity contribution in [2.45, 2.75) is 52.6 Å². The molecule has 0 saturated heterocycles. The van der Waals surface area contributed by atoms with Gasteiger partial charge in [0.15, 0.2) is 6.17 Å². The van der Waals surface area contributed by atoms with E-state index >= 15 is 0 Å². The number of H-pyrrole nitrogens is 1. The summed E-state index contributed by atoms with van der Waals surface area (Å²) in [5.41, 5.74) is -0.452. The van der Waals surface area contributed by atoms with Crippen molar-refractivity contribution in [2.24, 2.45) is 17.8 Å². The summed E-state index contributed by atoms with van der Waals surface area (Å²) in [6, 6.07) is 1.35. The zero-order chi connectivity index (χ0) is 17.4. The largest absolute Gasteiger partial charge is 0.403 e. The Morgan fingerprint density at radius 3 is 2.75 bits per heavy atom. The van der Waals surface area contributed by atoms with Crippen molar-refractivity contribution in [3.05, 3.63) is 38.2 Å². The molecule has 0 radical (unpaired) electrons. The van der Waals surface area contributed by atoms with Gasteiger partial charge in [0.1, 0.15) is 11.2 Å². The van der Waals surface area contributed by atoms with Gasteiger partial charge < -0.3 is 9.40 Å². The smallest absolute Gasteiger partial charge is 0.337 e. The monoisotopic (exact) mass is 334 g/mol. The SMILES string of the molecule is CC(F)c1nc2oc(=O)cc(CCCC3CC3C(C)C)c2c(=O)[nH]1. The van der Waals surface area contributed by atoms with Gasteiger partial charge in [0.2, 0.25) is 5.71 Å². The second kappa shape index (κ2) is 6.49. The molecule has 5 nitrogen and oxygen atoms in total. The number of hydrogen-bond donors (Lipinski definition) is 1. The van der Waals surface area contributed by atoms with Gasteiger partial charge in [0, 0.05) is 6.07 Å². The molecule has 0 amide bonds. The van der Waals surface area contributed by atoms with Crippen LogP contribution in [0.2, 0.25) is 0 Å². The Morgan fingerprint density at radius 2 is 2.12 bits per heavy atom. The van der Waals surface area contributed by atoms with Crippen molar-refractivity contribution in [1.82, 2.24) is 9.97 Å². The van der Waals surface area contributed by atoms with Crippen molar-refractivity contribution >= 4 is 11.1 Å². The van der Waals surface area contributed by atoms with Crippen LogP contribution in [0.15, 0.2) is 20.1 Å². The summed E-state index contributed by atoms with van der Waals surface area (Å²) in [6.07, 6.45) is 2.47. The van der Waals surface area contributed by atoms with Crippen LogP contribution in [-0.4, -0.2) is 9.97 Å². The standard InChI is InChI=1S/C18H23FN2O3/c1-9(2)13-7-11(13)5-4-6-12-8-14(22)24-18-15(12)17(23)20-16(21-18)10(3)19/h8-11,13H,4-7H2,1-3H3,(H,20,21,23). The first-order valence-corrected chi connectivity index (χ1v) is 8.57. The highest BCUT2D eigenvalue weighted by Crippen LogP contribution is 2.47. The van der Waals surface area contributed by atoms with Gasteiger partial charge >= 0.3 is 5.63 Å². The minimum atomic E-state index is -1.43. The lowest BCUT2D eigenvalue weighted by molar-refractivity contribution is 0.355. The third-order valence-electron chi connectivity index (χ3n) is 4.95. The molecule has 1 aliphatic rings. The van der Waals surface area contributed by atoms with Crippen LogP contribution in [0.25, 0.3) is 11.1 Å². The Balaban J connectivity index is 1.83. The van der Waals surface area contributed by atoms with Crippen LogP contribution in [-0.2, 0) is 6.42 Å². The molecule has 1 fully saturated rings. The molecular formula is C18H23FN2O3. The zero-order valence-corrected chi connectivity index (χ0v) is 14.3. The average Bonchev–Trinajstić information content (AvgIpc) is 3.25. The van der Waals surface area contributed by atoms with Gasteiger partial charge in [-0.15, -0.1) is 0 Å². The molecule has 0 bridgehead atoms. The fourth-order valence-electron chi connectivity index (χ4n) is 3.53. The third kappa shape index (κ3) is 3.42. The molecular weight excluding hydrogens is 311 g/mol. The highest BCUT2D eigenvalue weighted by atomic mass is 19.1. The van der Waals surface area contributed by atoms with Crippen LogP contribution in [0.1, 0.15) is 57.6 Å². The molecule has 3 atom stereocenters. The fraction of sp³-hybridized carbons (Fsp3) is 0.611. The number of aryl methyl sites for hydroxylation is 1. The molecule has 24 heavy (non-hydrogen) atoms. The number of hydrogen-bond acceptors (Lipinski definition) is 4. The normalized spacial score (nSPS) is 21.4. The van der Waals surface area contributed by atoms with Crippen molar-refractivity contribution in [3.8, 4) is 0 Å². The second-order valence-electron chi connectivity index (χ2n) is 7.13. The van der Waals surface area contributed by atoms with Crippen molar-refractivity contribution < 1.29 is 8.81 Å². The van der Waals surface area contributed by atoms with E-state index in [-0.39, 0.29) is 16.9 Å². The average molecular weight is 334 g/mol. The van der Waals surface area contributed by atoms with E-state index in [1.54, 1.807) is 0 Å². The quantitative estimate of drug-likeness (QED) is 0.877. The first kappa shape index (κ1) is 16.9. The van der Waals surface area contributed by atoms with Crippen molar-refractivity contribution in [3.63, 3.8) is 0 Å². The third-order valence-corrected chi connectivity index (χ3v) is 4.95. The molecule has 6 heteroatoms. The number of aromatic amines is 1. The molecule has 130 valence electrons. The Hall–Kier alpha value is -1.98. The lowest BCUT2D eigenvalue weighted by Gasteiger charge is -2.07. The van der Waals surface area contributed by atoms with Crippen LogP contribution in [0.5, 0.6) is 0 Å². The summed E-state index contributed by atoms with van der Waals surface area (Å²) in [4.78, 5) is 30.4. The van der Waals surface area contributed by atoms with Crippen molar-refractivity contribution in [2.75, 3.05) is 0 Å². The highest BCUT2D eigenvalue weighted by Gasteiger charge is 2.38. The van der Waals surface area contributed by atoms with Gasteiger partial charge in [-0.1, -0.05) is 13.8 Å². The summed E-state index contributed by atoms with van der Waals surface area (Å²) in [7, 11) is 0. The molecule has 3 unspecified atom stereocenters. The number of nitrogens with one attached hydrogen (secondary N) is 1. The summed E-state index contributed by atoms with van der Waals surface area (Å²) in [5.74, 6) is 2.16. The van der Waals surface area contributed by atoms with Gasteiger partial charge in [-0.3, -0.25) is 4.79 Å². The fourth-order valence-corrected chi connectivity index (χ4v) is 3.53. The lowest BCUT2D eigenvalue weighted by Crippen LogP contribution is -2.16. The first-order valence-electron chi connectivity index (χ1n) is 8.57. The topological polar surface area (TPSA) is 76.0 Å². The molecule has 3 rings (SSSR count). The van der Waals surface area contributed by atoms with Gasteiger partial charge in [0.05, 0.1) is 0 Å². The second-order valence-corrected chi connectivity index (χ2v) is 7.13. The molecule has 2 heterocycles. The molecule has 2 aromatic heterocycles. The highest BCUT2D eigenvalue weighted by molar-refractivity contribution is 5.75. The molecule has 0 aromatic carbocycles. The number of rotatable bonds is 6. The van der Waals surface area contributed by atoms with Crippen LogP contribution >= 0.6 is 0 Å². The minimum Gasteiger partial charge on any atom is -0.403 e. The summed E-state index contributed by atoms with van der Waals surface area (Å²) >= 11 is 0. The predicted octanol–water partition coefficient (Wildman–Crippen LogP) is 3.52. The first-order chi connectivity index (χ1) is 11.4. The van der Waals surface area contributed by atoms with E-state index in [0.29, 0.717) is 17.9 Å². The Labute approximate surface area is 139 Å². The zero-order valence-electron chi connectivity index (χ0n) is 14.3. The Bertz CT molecular complexity index is 853. The van der Waals surface area contributed by atoms with E-state index in [4.69, 9.17) is 4.42 Å².